The van der Waals surface area contributed by atoms with Crippen LogP contribution in [0.5, 0.6) is 0 Å². The Hall–Kier alpha value is -1.28. The van der Waals surface area contributed by atoms with Crippen molar-refractivity contribution in [2.45, 2.75) is 35.8 Å². The number of benzene rings is 1. The molecule has 1 aromatic carbocycles. The van der Waals surface area contributed by atoms with Crippen molar-refractivity contribution in [3.63, 3.8) is 0 Å². The van der Waals surface area contributed by atoms with Crippen molar-refractivity contribution < 1.29 is 26.3 Å². The molecule has 2 rings (SSSR count). The molecular weight excluding hydrogens is 307 g/mol. The summed E-state index contributed by atoms with van der Waals surface area (Å²) in [4.78, 5) is -0.755. The first-order valence-corrected chi connectivity index (χ1v) is 8.06. The van der Waals surface area contributed by atoms with Gasteiger partial charge in [-0.05, 0) is 43.5 Å². The fourth-order valence-electron chi connectivity index (χ4n) is 2.09. The molecule has 0 amide bonds. The van der Waals surface area contributed by atoms with Crippen molar-refractivity contribution in [2.24, 2.45) is 0 Å². The van der Waals surface area contributed by atoms with Gasteiger partial charge in [0.05, 0.1) is 11.0 Å². The zero-order valence-electron chi connectivity index (χ0n) is 11.2. The molecule has 1 aliphatic heterocycles. The summed E-state index contributed by atoms with van der Waals surface area (Å²) in [6.45, 7) is 1.26. The molecule has 0 spiro atoms. The first-order valence-electron chi connectivity index (χ1n) is 6.57. The molecule has 1 saturated heterocycles. The third-order valence-corrected chi connectivity index (χ3v) is 4.78. The molecule has 0 bridgehead atoms. The predicted octanol–water partition coefficient (Wildman–Crippen LogP) is 2.96. The number of halogens is 3. The SMILES string of the molecule is O=S(=O)(c1ccc(NCC2CCCCO2)cc1)C(F)(F)F. The second kappa shape index (κ2) is 6.23. The zero-order chi connectivity index (χ0) is 15.5. The van der Waals surface area contributed by atoms with Crippen LogP contribution in [0.25, 0.3) is 0 Å². The third kappa shape index (κ3) is 3.88. The van der Waals surface area contributed by atoms with E-state index in [2.05, 4.69) is 5.32 Å². The summed E-state index contributed by atoms with van der Waals surface area (Å²) in [6, 6.07) is 4.54. The molecule has 8 heteroatoms. The van der Waals surface area contributed by atoms with Crippen LogP contribution in [-0.4, -0.2) is 33.2 Å². The Morgan fingerprint density at radius 3 is 2.38 bits per heavy atom. The molecule has 1 aliphatic rings. The quantitative estimate of drug-likeness (QED) is 0.925. The second-order valence-corrected chi connectivity index (χ2v) is 6.78. The Bertz CT molecular complexity index is 563. The average molecular weight is 323 g/mol. The first-order chi connectivity index (χ1) is 9.80. The van der Waals surface area contributed by atoms with E-state index in [0.717, 1.165) is 38.0 Å². The van der Waals surface area contributed by atoms with Crippen LogP contribution in [0.3, 0.4) is 0 Å². The van der Waals surface area contributed by atoms with E-state index in [1.54, 1.807) is 0 Å². The van der Waals surface area contributed by atoms with Gasteiger partial charge >= 0.3 is 5.51 Å². The molecule has 21 heavy (non-hydrogen) atoms. The number of ether oxygens (including phenoxy) is 1. The van der Waals surface area contributed by atoms with Gasteiger partial charge in [0.1, 0.15) is 0 Å². The van der Waals surface area contributed by atoms with E-state index in [9.17, 15) is 21.6 Å². The summed E-state index contributed by atoms with van der Waals surface area (Å²) in [5.74, 6) is 0. The fourth-order valence-corrected chi connectivity index (χ4v) is 2.85. The number of sulfone groups is 1. The van der Waals surface area contributed by atoms with Gasteiger partial charge in [-0.15, -0.1) is 0 Å². The number of anilines is 1. The van der Waals surface area contributed by atoms with Crippen LogP contribution in [0.2, 0.25) is 0 Å². The number of hydrogen-bond acceptors (Lipinski definition) is 4. The van der Waals surface area contributed by atoms with E-state index in [-0.39, 0.29) is 6.10 Å². The minimum Gasteiger partial charge on any atom is -0.382 e. The zero-order valence-corrected chi connectivity index (χ0v) is 12.0. The largest absolute Gasteiger partial charge is 0.501 e. The van der Waals surface area contributed by atoms with Crippen LogP contribution in [0, 0.1) is 0 Å². The van der Waals surface area contributed by atoms with Gasteiger partial charge in [0.25, 0.3) is 9.84 Å². The molecule has 0 radical (unpaired) electrons. The molecule has 1 fully saturated rings. The molecule has 1 N–H and O–H groups in total. The summed E-state index contributed by atoms with van der Waals surface area (Å²) >= 11 is 0. The Morgan fingerprint density at radius 1 is 1.19 bits per heavy atom. The van der Waals surface area contributed by atoms with E-state index >= 15 is 0 Å². The lowest BCUT2D eigenvalue weighted by atomic mass is 10.1. The highest BCUT2D eigenvalue weighted by Gasteiger charge is 2.46. The number of alkyl halides is 3. The molecule has 1 unspecified atom stereocenters. The topological polar surface area (TPSA) is 55.4 Å². The van der Waals surface area contributed by atoms with Gasteiger partial charge in [-0.25, -0.2) is 8.42 Å². The van der Waals surface area contributed by atoms with Gasteiger partial charge in [0.2, 0.25) is 0 Å². The van der Waals surface area contributed by atoms with Crippen molar-refractivity contribution in [2.75, 3.05) is 18.5 Å². The molecule has 0 aliphatic carbocycles. The van der Waals surface area contributed by atoms with E-state index in [1.807, 2.05) is 0 Å². The fraction of sp³-hybridized carbons (Fsp3) is 0.538. The molecule has 118 valence electrons. The summed E-state index contributed by atoms with van der Waals surface area (Å²) in [5, 5.41) is 3.03. The molecule has 4 nitrogen and oxygen atoms in total. The lowest BCUT2D eigenvalue weighted by Crippen LogP contribution is -2.27. The second-order valence-electron chi connectivity index (χ2n) is 4.84. The van der Waals surface area contributed by atoms with E-state index in [0.29, 0.717) is 12.2 Å². The van der Waals surface area contributed by atoms with Crippen molar-refractivity contribution >= 4 is 15.5 Å². The maximum absolute atomic E-state index is 12.4. The number of rotatable bonds is 4. The highest BCUT2D eigenvalue weighted by atomic mass is 32.2. The van der Waals surface area contributed by atoms with Crippen LogP contribution in [0.4, 0.5) is 18.9 Å². The van der Waals surface area contributed by atoms with Crippen molar-refractivity contribution in [1.29, 1.82) is 0 Å². The van der Waals surface area contributed by atoms with Crippen molar-refractivity contribution in [1.82, 2.24) is 0 Å². The molecule has 0 saturated carbocycles. The summed E-state index contributed by atoms with van der Waals surface area (Å²) in [6.07, 6.45) is 3.15. The number of hydrogen-bond donors (Lipinski definition) is 1. The van der Waals surface area contributed by atoms with Gasteiger partial charge in [0.15, 0.2) is 0 Å². The maximum atomic E-state index is 12.4. The van der Waals surface area contributed by atoms with E-state index in [4.69, 9.17) is 4.74 Å². The van der Waals surface area contributed by atoms with Gasteiger partial charge in [-0.3, -0.25) is 0 Å². The molecule has 1 atom stereocenters. The monoisotopic (exact) mass is 323 g/mol. The molecular formula is C13H16F3NO3S. The Labute approximate surface area is 121 Å². The predicted molar refractivity (Wildman–Crippen MR) is 71.8 cm³/mol. The number of nitrogens with one attached hydrogen (secondary N) is 1. The lowest BCUT2D eigenvalue weighted by Gasteiger charge is -2.23. The van der Waals surface area contributed by atoms with Crippen molar-refractivity contribution in [3.05, 3.63) is 24.3 Å². The van der Waals surface area contributed by atoms with Crippen LogP contribution < -0.4 is 5.32 Å². The van der Waals surface area contributed by atoms with Gasteiger partial charge in [-0.2, -0.15) is 13.2 Å². The van der Waals surface area contributed by atoms with Gasteiger partial charge in [-0.1, -0.05) is 0 Å². The Morgan fingerprint density at radius 2 is 1.86 bits per heavy atom. The van der Waals surface area contributed by atoms with Gasteiger partial charge in [0, 0.05) is 18.8 Å². The molecule has 1 heterocycles. The molecule has 0 aromatic heterocycles. The van der Waals surface area contributed by atoms with Crippen LogP contribution in [0.1, 0.15) is 19.3 Å². The minimum absolute atomic E-state index is 0.0809. The highest BCUT2D eigenvalue weighted by molar-refractivity contribution is 7.92. The summed E-state index contributed by atoms with van der Waals surface area (Å²) in [5.41, 5.74) is -4.72. The first kappa shape index (κ1) is 16.1. The van der Waals surface area contributed by atoms with Gasteiger partial charge < -0.3 is 10.1 Å². The average Bonchev–Trinajstić information content (AvgIpc) is 2.45. The minimum atomic E-state index is -5.28. The van der Waals surface area contributed by atoms with Crippen LogP contribution >= 0.6 is 0 Å². The third-order valence-electron chi connectivity index (χ3n) is 3.28. The van der Waals surface area contributed by atoms with E-state index in [1.165, 1.54) is 12.1 Å². The van der Waals surface area contributed by atoms with Crippen LogP contribution in [-0.2, 0) is 14.6 Å². The van der Waals surface area contributed by atoms with Crippen molar-refractivity contribution in [3.8, 4) is 0 Å². The smallest absolute Gasteiger partial charge is 0.382 e. The normalized spacial score (nSPS) is 20.2. The lowest BCUT2D eigenvalue weighted by molar-refractivity contribution is -0.0436. The Balaban J connectivity index is 1.99. The standard InChI is InChI=1S/C13H16F3NO3S/c14-13(15,16)21(18,19)12-6-4-10(5-7-12)17-9-11-3-1-2-8-20-11/h4-7,11,17H,1-3,8-9H2. The van der Waals surface area contributed by atoms with Crippen LogP contribution in [0.15, 0.2) is 29.2 Å². The highest BCUT2D eigenvalue weighted by Crippen LogP contribution is 2.30. The molecule has 1 aromatic rings. The van der Waals surface area contributed by atoms with E-state index < -0.39 is 20.2 Å². The Kier molecular flexibility index (Phi) is 4.77. The summed E-state index contributed by atoms with van der Waals surface area (Å²) < 4.78 is 65.1. The maximum Gasteiger partial charge on any atom is 0.501 e. The summed E-state index contributed by atoms with van der Waals surface area (Å²) in [7, 11) is -5.28.